The minimum atomic E-state index is -4.57. The van der Waals surface area contributed by atoms with Crippen molar-refractivity contribution in [3.63, 3.8) is 0 Å². The summed E-state index contributed by atoms with van der Waals surface area (Å²) in [7, 11) is -2.87. The van der Waals surface area contributed by atoms with Crippen molar-refractivity contribution >= 4 is 27.8 Å². The Hall–Kier alpha value is -3.73. The molecule has 1 N–H and O–H groups in total. The first kappa shape index (κ1) is 23.9. The van der Waals surface area contributed by atoms with Gasteiger partial charge < -0.3 is 0 Å². The number of amides is 1. The van der Waals surface area contributed by atoms with E-state index >= 15 is 0 Å². The number of anilines is 1. The van der Waals surface area contributed by atoms with E-state index in [9.17, 15) is 26.4 Å². The molecule has 0 bridgehead atoms. The van der Waals surface area contributed by atoms with Crippen molar-refractivity contribution in [3.8, 4) is 0 Å². The van der Waals surface area contributed by atoms with E-state index in [1.54, 1.807) is 42.7 Å². The van der Waals surface area contributed by atoms with Crippen molar-refractivity contribution in [1.82, 2.24) is 10.4 Å². The van der Waals surface area contributed by atoms with Gasteiger partial charge in [-0.05, 0) is 42.0 Å². The van der Waals surface area contributed by atoms with E-state index in [2.05, 4.69) is 15.5 Å². The summed E-state index contributed by atoms with van der Waals surface area (Å²) in [6.45, 7) is 0. The van der Waals surface area contributed by atoms with Gasteiger partial charge in [0.1, 0.15) is 0 Å². The van der Waals surface area contributed by atoms with Crippen LogP contribution in [0, 0.1) is 0 Å². The summed E-state index contributed by atoms with van der Waals surface area (Å²) in [5, 5.41) is 3.88. The lowest BCUT2D eigenvalue weighted by molar-refractivity contribution is -0.137. The molecule has 172 valence electrons. The van der Waals surface area contributed by atoms with Crippen molar-refractivity contribution in [2.24, 2.45) is 5.10 Å². The molecule has 0 radical (unpaired) electrons. The van der Waals surface area contributed by atoms with E-state index < -0.39 is 21.8 Å². The number of aromatic nitrogens is 1. The highest BCUT2D eigenvalue weighted by atomic mass is 32.2. The van der Waals surface area contributed by atoms with Gasteiger partial charge in [0, 0.05) is 25.0 Å². The van der Waals surface area contributed by atoms with Crippen molar-refractivity contribution in [1.29, 1.82) is 0 Å². The fourth-order valence-electron chi connectivity index (χ4n) is 2.89. The number of hydrogen-bond donors (Lipinski definition) is 1. The minimum absolute atomic E-state index is 0.0645. The lowest BCUT2D eigenvalue weighted by atomic mass is 10.2. The van der Waals surface area contributed by atoms with Gasteiger partial charge in [-0.1, -0.05) is 24.3 Å². The highest BCUT2D eigenvalue weighted by molar-refractivity contribution is 7.92. The number of nitrogens with zero attached hydrogens (tertiary/aromatic N) is 3. The molecule has 1 heterocycles. The van der Waals surface area contributed by atoms with Crippen LogP contribution in [0.4, 0.5) is 18.9 Å². The molecule has 0 aliphatic carbocycles. The molecule has 3 aromatic rings. The monoisotopic (exact) mass is 476 g/mol. The zero-order chi connectivity index (χ0) is 24.1. The van der Waals surface area contributed by atoms with Crippen LogP contribution in [0.3, 0.4) is 0 Å². The molecule has 0 spiro atoms. The van der Waals surface area contributed by atoms with E-state index in [4.69, 9.17) is 0 Å². The predicted octanol–water partition coefficient (Wildman–Crippen LogP) is 3.62. The Labute approximate surface area is 188 Å². The number of carbonyl (C=O) groups is 1. The van der Waals surface area contributed by atoms with Crippen LogP contribution in [0.15, 0.2) is 83.1 Å². The molecule has 2 aromatic carbocycles. The zero-order valence-corrected chi connectivity index (χ0v) is 18.1. The number of hydrogen-bond acceptors (Lipinski definition) is 5. The van der Waals surface area contributed by atoms with Crippen LogP contribution in [-0.4, -0.2) is 32.6 Å². The Bertz CT molecular complexity index is 1250. The number of para-hydroxylation sites is 1. The first-order chi connectivity index (χ1) is 15.6. The van der Waals surface area contributed by atoms with Crippen molar-refractivity contribution < 1.29 is 26.4 Å². The number of rotatable bonds is 7. The Morgan fingerprint density at radius 2 is 1.79 bits per heavy atom. The molecular weight excluding hydrogens is 457 g/mol. The number of sulfonamides is 1. The Morgan fingerprint density at radius 3 is 2.42 bits per heavy atom. The Morgan fingerprint density at radius 1 is 1.09 bits per heavy atom. The van der Waals surface area contributed by atoms with E-state index in [1.165, 1.54) is 19.3 Å². The molecule has 1 amide bonds. The second-order valence-corrected chi connectivity index (χ2v) is 8.85. The molecule has 0 saturated heterocycles. The second kappa shape index (κ2) is 9.82. The van der Waals surface area contributed by atoms with Gasteiger partial charge in [0.15, 0.2) is 0 Å². The largest absolute Gasteiger partial charge is 0.416 e. The molecule has 0 saturated carbocycles. The third kappa shape index (κ3) is 5.95. The summed E-state index contributed by atoms with van der Waals surface area (Å²) >= 11 is 0. The van der Waals surface area contributed by atoms with Gasteiger partial charge in [-0.25, -0.2) is 13.8 Å². The highest BCUT2D eigenvalue weighted by Gasteiger charge is 2.31. The van der Waals surface area contributed by atoms with Crippen LogP contribution >= 0.6 is 0 Å². The van der Waals surface area contributed by atoms with Gasteiger partial charge >= 0.3 is 6.18 Å². The summed E-state index contributed by atoms with van der Waals surface area (Å²) in [5.41, 5.74) is 2.72. The molecule has 33 heavy (non-hydrogen) atoms. The summed E-state index contributed by atoms with van der Waals surface area (Å²) in [4.78, 5) is 15.7. The lowest BCUT2D eigenvalue weighted by Crippen LogP contribution is -2.27. The first-order valence-corrected chi connectivity index (χ1v) is 11.0. The van der Waals surface area contributed by atoms with Crippen molar-refractivity contribution in [2.45, 2.75) is 17.5 Å². The number of benzene rings is 2. The molecule has 3 rings (SSSR count). The highest BCUT2D eigenvalue weighted by Crippen LogP contribution is 2.31. The number of pyridine rings is 1. The van der Waals surface area contributed by atoms with E-state index in [0.717, 1.165) is 16.4 Å². The topological polar surface area (TPSA) is 91.7 Å². The maximum atomic E-state index is 13.0. The van der Waals surface area contributed by atoms with Crippen LogP contribution in [0.25, 0.3) is 0 Å². The second-order valence-electron chi connectivity index (χ2n) is 6.88. The zero-order valence-electron chi connectivity index (χ0n) is 17.3. The third-order valence-electron chi connectivity index (χ3n) is 4.60. The molecule has 0 unspecified atom stereocenters. The quantitative estimate of drug-likeness (QED) is 0.417. The molecule has 0 aliphatic heterocycles. The summed E-state index contributed by atoms with van der Waals surface area (Å²) in [6, 6.07) is 13.0. The van der Waals surface area contributed by atoms with Crippen LogP contribution < -0.4 is 9.73 Å². The molecule has 7 nitrogen and oxygen atoms in total. The Kier molecular flexibility index (Phi) is 7.12. The van der Waals surface area contributed by atoms with Crippen LogP contribution in [0.1, 0.15) is 16.7 Å². The standard InChI is InChI=1S/C22H19F3N4O3S/c1-29(33(31,32)19-10-8-18(9-11-19)22(23,24)25)20-7-3-2-6-17(20)15-27-28-21(30)13-16-5-4-12-26-14-16/h2-12,14-15H,13H2,1H3,(H,28,30). The van der Waals surface area contributed by atoms with E-state index in [0.29, 0.717) is 23.3 Å². The number of halogens is 3. The molecular formula is C22H19F3N4O3S. The molecule has 11 heteroatoms. The number of nitrogens with one attached hydrogen (secondary N) is 1. The summed E-state index contributed by atoms with van der Waals surface area (Å²) in [6.07, 6.45) is -0.0750. The van der Waals surface area contributed by atoms with Crippen LogP contribution in [-0.2, 0) is 27.4 Å². The first-order valence-electron chi connectivity index (χ1n) is 9.55. The fraction of sp³-hybridized carbons (Fsp3) is 0.136. The van der Waals surface area contributed by atoms with Gasteiger partial charge in [-0.3, -0.25) is 14.1 Å². The van der Waals surface area contributed by atoms with E-state index in [-0.39, 0.29) is 22.9 Å². The Balaban J connectivity index is 1.77. The van der Waals surface area contributed by atoms with Gasteiger partial charge in [0.2, 0.25) is 5.91 Å². The van der Waals surface area contributed by atoms with Gasteiger partial charge in [0.05, 0.1) is 28.8 Å². The lowest BCUT2D eigenvalue weighted by Gasteiger charge is -2.21. The van der Waals surface area contributed by atoms with Gasteiger partial charge in [-0.2, -0.15) is 18.3 Å². The molecule has 0 fully saturated rings. The summed E-state index contributed by atoms with van der Waals surface area (Å²) in [5.74, 6) is -0.387. The maximum Gasteiger partial charge on any atom is 0.416 e. The van der Waals surface area contributed by atoms with Crippen LogP contribution in [0.2, 0.25) is 0 Å². The average molecular weight is 476 g/mol. The maximum absolute atomic E-state index is 13.0. The number of carbonyl (C=O) groups excluding carboxylic acids is 1. The smallest absolute Gasteiger partial charge is 0.273 e. The predicted molar refractivity (Wildman–Crippen MR) is 117 cm³/mol. The van der Waals surface area contributed by atoms with Crippen molar-refractivity contribution in [2.75, 3.05) is 11.4 Å². The molecule has 1 aromatic heterocycles. The third-order valence-corrected chi connectivity index (χ3v) is 6.38. The van der Waals surface area contributed by atoms with Crippen molar-refractivity contribution in [3.05, 3.63) is 89.7 Å². The van der Waals surface area contributed by atoms with Gasteiger partial charge in [0.25, 0.3) is 10.0 Å². The van der Waals surface area contributed by atoms with E-state index in [1.807, 2.05) is 0 Å². The van der Waals surface area contributed by atoms with Crippen LogP contribution in [0.5, 0.6) is 0 Å². The minimum Gasteiger partial charge on any atom is -0.273 e. The number of hydrazone groups is 1. The van der Waals surface area contributed by atoms with Gasteiger partial charge in [-0.15, -0.1) is 0 Å². The average Bonchev–Trinajstić information content (AvgIpc) is 2.79. The summed E-state index contributed by atoms with van der Waals surface area (Å²) < 4.78 is 65.2. The normalized spacial score (nSPS) is 12.0. The number of alkyl halides is 3. The molecule has 0 aliphatic rings. The fourth-order valence-corrected chi connectivity index (χ4v) is 4.11. The molecule has 0 atom stereocenters. The SMILES string of the molecule is CN(c1ccccc1C=NNC(=O)Cc1cccnc1)S(=O)(=O)c1ccc(C(F)(F)F)cc1.